The number of amides is 2. The monoisotopic (exact) mass is 412 g/mol. The third kappa shape index (κ3) is 2.60. The number of imide groups is 1. The molecule has 5 rings (SSSR count). The Morgan fingerprint density at radius 2 is 1.66 bits per heavy atom. The van der Waals surface area contributed by atoms with Gasteiger partial charge in [0.05, 0.1) is 22.6 Å². The van der Waals surface area contributed by atoms with Crippen molar-refractivity contribution in [1.29, 1.82) is 0 Å². The van der Waals surface area contributed by atoms with E-state index in [-0.39, 0.29) is 34.3 Å². The molecule has 2 aromatic rings. The molecule has 0 radical (unpaired) electrons. The van der Waals surface area contributed by atoms with Crippen LogP contribution in [0.4, 0.5) is 11.4 Å². The molecule has 0 bridgehead atoms. The number of hydrogen-bond donors (Lipinski definition) is 0. The Labute approximate surface area is 171 Å². The Morgan fingerprint density at radius 1 is 0.966 bits per heavy atom. The Balaban J connectivity index is 1.58. The predicted octanol–water partition coefficient (Wildman–Crippen LogP) is 2.78. The number of benzene rings is 2. The molecule has 8 nitrogen and oxygen atoms in total. The highest BCUT2D eigenvalue weighted by molar-refractivity contribution is 6.33. The summed E-state index contributed by atoms with van der Waals surface area (Å²) in [5.41, 5.74) is 0.837. The molecule has 3 aliphatic rings. The summed E-state index contributed by atoms with van der Waals surface area (Å²) in [6.45, 7) is 1.50. The number of nitro benzene ring substituents is 1. The van der Waals surface area contributed by atoms with Crippen LogP contribution in [-0.2, 0) is 9.59 Å². The smallest absolute Gasteiger partial charge is 0.274 e. The standard InChI is InChI=1S/C20H17ClN4O4/c21-14-8-7-13(11-15(14)25(28)29)24-19(26)16-17(12-5-2-1-3-6-12)22-9-4-10-23(22)18(16)20(24)27/h1-3,5-8,11,16-18H,4,9-10H2/t16-,17+,18+/m0/s1. The number of hydrogen-bond acceptors (Lipinski definition) is 6. The van der Waals surface area contributed by atoms with Gasteiger partial charge in [0.15, 0.2) is 0 Å². The summed E-state index contributed by atoms with van der Waals surface area (Å²) in [6, 6.07) is 12.9. The molecule has 3 saturated heterocycles. The quantitative estimate of drug-likeness (QED) is 0.437. The highest BCUT2D eigenvalue weighted by atomic mass is 35.5. The Bertz CT molecular complexity index is 1030. The molecule has 0 N–H and O–H groups in total. The Morgan fingerprint density at radius 3 is 2.34 bits per heavy atom. The van der Waals surface area contributed by atoms with Crippen LogP contribution >= 0.6 is 11.6 Å². The molecule has 0 spiro atoms. The number of carbonyl (C=O) groups excluding carboxylic acids is 2. The van der Waals surface area contributed by atoms with Gasteiger partial charge >= 0.3 is 0 Å². The summed E-state index contributed by atoms with van der Waals surface area (Å²) >= 11 is 5.90. The maximum atomic E-state index is 13.4. The van der Waals surface area contributed by atoms with E-state index in [9.17, 15) is 19.7 Å². The molecule has 2 aromatic carbocycles. The molecule has 2 amide bonds. The number of nitro groups is 1. The van der Waals surface area contributed by atoms with Crippen LogP contribution in [0.25, 0.3) is 0 Å². The lowest BCUT2D eigenvalue weighted by atomic mass is 9.90. The van der Waals surface area contributed by atoms with E-state index in [1.807, 2.05) is 35.3 Å². The number of nitrogens with zero attached hydrogens (tertiary/aromatic N) is 4. The zero-order valence-corrected chi connectivity index (χ0v) is 16.0. The van der Waals surface area contributed by atoms with E-state index in [0.29, 0.717) is 6.54 Å². The topological polar surface area (TPSA) is 87.0 Å². The fraction of sp³-hybridized carbons (Fsp3) is 0.300. The highest BCUT2D eigenvalue weighted by Gasteiger charge is 2.62. The number of rotatable bonds is 3. The van der Waals surface area contributed by atoms with Gasteiger partial charge in [0.2, 0.25) is 5.91 Å². The maximum Gasteiger partial charge on any atom is 0.289 e. The summed E-state index contributed by atoms with van der Waals surface area (Å²) in [5, 5.41) is 15.3. The van der Waals surface area contributed by atoms with Gasteiger partial charge in [-0.2, -0.15) is 0 Å². The fourth-order valence-electron chi connectivity index (χ4n) is 4.80. The molecule has 29 heavy (non-hydrogen) atoms. The van der Waals surface area contributed by atoms with Gasteiger partial charge in [0.25, 0.3) is 11.6 Å². The summed E-state index contributed by atoms with van der Waals surface area (Å²) < 4.78 is 0. The van der Waals surface area contributed by atoms with Gasteiger partial charge in [-0.25, -0.2) is 14.9 Å². The van der Waals surface area contributed by atoms with Crippen molar-refractivity contribution < 1.29 is 14.5 Å². The zero-order valence-electron chi connectivity index (χ0n) is 15.3. The molecule has 3 atom stereocenters. The van der Waals surface area contributed by atoms with Crippen LogP contribution in [0.5, 0.6) is 0 Å². The molecule has 0 aliphatic carbocycles. The minimum atomic E-state index is -0.618. The molecule has 3 aliphatic heterocycles. The number of anilines is 1. The first-order valence-electron chi connectivity index (χ1n) is 9.39. The van der Waals surface area contributed by atoms with Crippen molar-refractivity contribution in [2.24, 2.45) is 5.92 Å². The third-order valence-electron chi connectivity index (χ3n) is 5.93. The second-order valence-corrected chi connectivity index (χ2v) is 7.82. The van der Waals surface area contributed by atoms with Gasteiger partial charge in [0.1, 0.15) is 11.1 Å². The van der Waals surface area contributed by atoms with Crippen LogP contribution in [-0.4, -0.2) is 45.9 Å². The lowest BCUT2D eigenvalue weighted by Crippen LogP contribution is -2.44. The van der Waals surface area contributed by atoms with Gasteiger partial charge < -0.3 is 0 Å². The van der Waals surface area contributed by atoms with E-state index < -0.39 is 16.9 Å². The molecule has 0 aromatic heterocycles. The molecule has 0 unspecified atom stereocenters. The van der Waals surface area contributed by atoms with Crippen molar-refractivity contribution in [3.8, 4) is 0 Å². The molecule has 0 saturated carbocycles. The third-order valence-corrected chi connectivity index (χ3v) is 6.25. The van der Waals surface area contributed by atoms with Crippen LogP contribution < -0.4 is 4.90 Å². The van der Waals surface area contributed by atoms with Crippen molar-refractivity contribution in [1.82, 2.24) is 10.0 Å². The minimum absolute atomic E-state index is 0.0362. The summed E-state index contributed by atoms with van der Waals surface area (Å²) in [6.07, 6.45) is 0.917. The van der Waals surface area contributed by atoms with Gasteiger partial charge in [-0.1, -0.05) is 41.9 Å². The molecule has 9 heteroatoms. The van der Waals surface area contributed by atoms with Crippen molar-refractivity contribution in [2.45, 2.75) is 18.5 Å². The molecular weight excluding hydrogens is 396 g/mol. The van der Waals surface area contributed by atoms with E-state index in [2.05, 4.69) is 5.01 Å². The Hall–Kier alpha value is -2.81. The average Bonchev–Trinajstić information content (AvgIpc) is 3.35. The second kappa shape index (κ2) is 6.62. The SMILES string of the molecule is O=C1[C@H]2[C@@H](c3ccccc3)N3CCCN3[C@H]2C(=O)N1c1ccc(Cl)c([N+](=O)[O-])c1. The van der Waals surface area contributed by atoms with Crippen molar-refractivity contribution in [2.75, 3.05) is 18.0 Å². The van der Waals surface area contributed by atoms with Gasteiger partial charge in [-0.05, 0) is 24.1 Å². The van der Waals surface area contributed by atoms with E-state index in [1.54, 1.807) is 0 Å². The van der Waals surface area contributed by atoms with Crippen LogP contribution in [0.3, 0.4) is 0 Å². The van der Waals surface area contributed by atoms with Gasteiger partial charge in [-0.15, -0.1) is 0 Å². The summed E-state index contributed by atoms with van der Waals surface area (Å²) in [4.78, 5) is 38.5. The van der Waals surface area contributed by atoms with E-state index >= 15 is 0 Å². The fourth-order valence-corrected chi connectivity index (χ4v) is 4.98. The van der Waals surface area contributed by atoms with Crippen LogP contribution in [0.1, 0.15) is 18.0 Å². The normalized spacial score (nSPS) is 26.8. The van der Waals surface area contributed by atoms with Crippen molar-refractivity contribution >= 4 is 34.8 Å². The first-order valence-corrected chi connectivity index (χ1v) is 9.77. The number of hydrazine groups is 1. The van der Waals surface area contributed by atoms with Crippen LogP contribution in [0, 0.1) is 16.0 Å². The van der Waals surface area contributed by atoms with E-state index in [1.165, 1.54) is 18.2 Å². The average molecular weight is 413 g/mol. The maximum absolute atomic E-state index is 13.4. The van der Waals surface area contributed by atoms with Crippen LogP contribution in [0.2, 0.25) is 5.02 Å². The zero-order chi connectivity index (χ0) is 20.3. The van der Waals surface area contributed by atoms with Crippen molar-refractivity contribution in [3.05, 3.63) is 69.2 Å². The first-order chi connectivity index (χ1) is 14.0. The number of carbonyl (C=O) groups is 2. The first kappa shape index (κ1) is 18.2. The number of halogens is 1. The molecule has 148 valence electrons. The highest BCUT2D eigenvalue weighted by Crippen LogP contribution is 2.49. The predicted molar refractivity (Wildman–Crippen MR) is 105 cm³/mol. The lowest BCUT2D eigenvalue weighted by molar-refractivity contribution is -0.384. The summed E-state index contributed by atoms with van der Waals surface area (Å²) in [5.74, 6) is -1.23. The Kier molecular flexibility index (Phi) is 4.16. The molecule has 3 heterocycles. The molecular formula is C20H17ClN4O4. The minimum Gasteiger partial charge on any atom is -0.274 e. The van der Waals surface area contributed by atoms with E-state index in [0.717, 1.165) is 23.4 Å². The second-order valence-electron chi connectivity index (χ2n) is 7.41. The largest absolute Gasteiger partial charge is 0.289 e. The lowest BCUT2D eigenvalue weighted by Gasteiger charge is -2.29. The van der Waals surface area contributed by atoms with E-state index in [4.69, 9.17) is 11.6 Å². The van der Waals surface area contributed by atoms with Gasteiger partial charge in [0, 0.05) is 19.2 Å². The number of fused-ring (bicyclic) bond motifs is 3. The summed E-state index contributed by atoms with van der Waals surface area (Å²) in [7, 11) is 0. The van der Waals surface area contributed by atoms with Crippen LogP contribution in [0.15, 0.2) is 48.5 Å². The molecule has 3 fully saturated rings. The van der Waals surface area contributed by atoms with Gasteiger partial charge in [-0.3, -0.25) is 19.7 Å². The van der Waals surface area contributed by atoms with Crippen molar-refractivity contribution in [3.63, 3.8) is 0 Å².